The second-order valence-electron chi connectivity index (χ2n) is 5.52. The molecule has 0 unspecified atom stereocenters. The number of likely N-dealkylation sites (tertiary alicyclic amines) is 1. The molecule has 2 fully saturated rings. The number of hydrogen-bond acceptors (Lipinski definition) is 4. The highest BCUT2D eigenvalue weighted by Gasteiger charge is 2.29. The standard InChI is InChI=1S/C13H21N5O/c19-13(16-12-1-2-12)11-3-7-17(8-4-11)9-10-18-14-5-6-15-18/h5-6,11-12H,1-4,7-10H2,(H,16,19). The summed E-state index contributed by atoms with van der Waals surface area (Å²) >= 11 is 0. The lowest BCUT2D eigenvalue weighted by Crippen LogP contribution is -2.42. The summed E-state index contributed by atoms with van der Waals surface area (Å²) in [5, 5.41) is 11.3. The van der Waals surface area contributed by atoms with E-state index >= 15 is 0 Å². The van der Waals surface area contributed by atoms with Gasteiger partial charge in [-0.1, -0.05) is 0 Å². The molecule has 1 saturated heterocycles. The van der Waals surface area contributed by atoms with Crippen molar-refractivity contribution in [2.75, 3.05) is 19.6 Å². The summed E-state index contributed by atoms with van der Waals surface area (Å²) in [7, 11) is 0. The fourth-order valence-electron chi connectivity index (χ4n) is 2.56. The normalized spacial score (nSPS) is 21.5. The molecule has 1 amide bonds. The van der Waals surface area contributed by atoms with Gasteiger partial charge in [-0.05, 0) is 38.8 Å². The molecule has 1 N–H and O–H groups in total. The Bertz CT molecular complexity index is 407. The number of piperidine rings is 1. The first-order valence-corrected chi connectivity index (χ1v) is 7.18. The quantitative estimate of drug-likeness (QED) is 0.828. The number of carbonyl (C=O) groups is 1. The minimum Gasteiger partial charge on any atom is -0.353 e. The third-order valence-corrected chi connectivity index (χ3v) is 3.96. The first-order valence-electron chi connectivity index (χ1n) is 7.18. The summed E-state index contributed by atoms with van der Waals surface area (Å²) in [5.41, 5.74) is 0. The van der Waals surface area contributed by atoms with Crippen LogP contribution >= 0.6 is 0 Å². The van der Waals surface area contributed by atoms with E-state index in [-0.39, 0.29) is 11.8 Å². The van der Waals surface area contributed by atoms with Crippen LogP contribution in [0.4, 0.5) is 0 Å². The molecule has 0 atom stereocenters. The molecule has 0 spiro atoms. The van der Waals surface area contributed by atoms with Crippen molar-refractivity contribution in [2.45, 2.75) is 38.3 Å². The van der Waals surface area contributed by atoms with Crippen LogP contribution in [0.2, 0.25) is 0 Å². The van der Waals surface area contributed by atoms with Crippen molar-refractivity contribution in [2.24, 2.45) is 5.92 Å². The van der Waals surface area contributed by atoms with Gasteiger partial charge in [0.1, 0.15) is 0 Å². The summed E-state index contributed by atoms with van der Waals surface area (Å²) in [4.78, 5) is 16.1. The largest absolute Gasteiger partial charge is 0.353 e. The predicted molar refractivity (Wildman–Crippen MR) is 70.4 cm³/mol. The SMILES string of the molecule is O=C(NC1CC1)C1CCN(CCn2nccn2)CC1. The van der Waals surface area contributed by atoms with Gasteiger partial charge in [0.2, 0.25) is 5.91 Å². The molecular formula is C13H21N5O. The van der Waals surface area contributed by atoms with E-state index in [0.29, 0.717) is 6.04 Å². The van der Waals surface area contributed by atoms with E-state index in [1.807, 2.05) is 0 Å². The van der Waals surface area contributed by atoms with Crippen molar-refractivity contribution in [1.29, 1.82) is 0 Å². The van der Waals surface area contributed by atoms with Gasteiger partial charge < -0.3 is 10.2 Å². The number of nitrogens with zero attached hydrogens (tertiary/aromatic N) is 4. The molecule has 0 radical (unpaired) electrons. The second-order valence-corrected chi connectivity index (χ2v) is 5.52. The predicted octanol–water partition coefficient (Wildman–Crippen LogP) is 0.269. The van der Waals surface area contributed by atoms with Crippen LogP contribution in [0.25, 0.3) is 0 Å². The summed E-state index contributed by atoms with van der Waals surface area (Å²) in [6.07, 6.45) is 7.70. The summed E-state index contributed by atoms with van der Waals surface area (Å²) in [6.45, 7) is 3.80. The molecule has 1 aromatic heterocycles. The highest BCUT2D eigenvalue weighted by Crippen LogP contribution is 2.22. The van der Waals surface area contributed by atoms with Crippen molar-refractivity contribution < 1.29 is 4.79 Å². The Kier molecular flexibility index (Phi) is 3.77. The topological polar surface area (TPSA) is 63.1 Å². The molecule has 19 heavy (non-hydrogen) atoms. The molecule has 3 rings (SSSR count). The van der Waals surface area contributed by atoms with Crippen LogP contribution in [-0.4, -0.2) is 51.5 Å². The van der Waals surface area contributed by atoms with Gasteiger partial charge in [0.05, 0.1) is 18.9 Å². The van der Waals surface area contributed by atoms with E-state index in [1.54, 1.807) is 17.2 Å². The van der Waals surface area contributed by atoms with Crippen molar-refractivity contribution >= 4 is 5.91 Å². The Hall–Kier alpha value is -1.43. The molecule has 0 bridgehead atoms. The minimum absolute atomic E-state index is 0.222. The maximum atomic E-state index is 11.9. The molecule has 2 heterocycles. The fourth-order valence-corrected chi connectivity index (χ4v) is 2.56. The third-order valence-electron chi connectivity index (χ3n) is 3.96. The number of rotatable bonds is 5. The summed E-state index contributed by atoms with van der Waals surface area (Å²) in [5.74, 6) is 0.496. The van der Waals surface area contributed by atoms with Crippen molar-refractivity contribution in [3.8, 4) is 0 Å². The van der Waals surface area contributed by atoms with E-state index in [2.05, 4.69) is 20.4 Å². The van der Waals surface area contributed by atoms with Gasteiger partial charge in [0.25, 0.3) is 0 Å². The van der Waals surface area contributed by atoms with Gasteiger partial charge in [-0.2, -0.15) is 15.0 Å². The smallest absolute Gasteiger partial charge is 0.223 e. The van der Waals surface area contributed by atoms with E-state index in [1.165, 1.54) is 12.8 Å². The first-order chi connectivity index (χ1) is 9.31. The van der Waals surface area contributed by atoms with Crippen molar-refractivity contribution in [3.05, 3.63) is 12.4 Å². The van der Waals surface area contributed by atoms with Crippen LogP contribution < -0.4 is 5.32 Å². The lowest BCUT2D eigenvalue weighted by molar-refractivity contribution is -0.126. The molecule has 6 nitrogen and oxygen atoms in total. The van der Waals surface area contributed by atoms with E-state index < -0.39 is 0 Å². The zero-order valence-electron chi connectivity index (χ0n) is 11.2. The zero-order valence-corrected chi connectivity index (χ0v) is 11.2. The van der Waals surface area contributed by atoms with E-state index in [4.69, 9.17) is 0 Å². The summed E-state index contributed by atoms with van der Waals surface area (Å²) in [6, 6.07) is 0.483. The van der Waals surface area contributed by atoms with Crippen LogP contribution in [0, 0.1) is 5.92 Å². The van der Waals surface area contributed by atoms with Gasteiger partial charge in [-0.3, -0.25) is 4.79 Å². The average molecular weight is 263 g/mol. The molecular weight excluding hydrogens is 242 g/mol. The number of aromatic nitrogens is 3. The van der Waals surface area contributed by atoms with Crippen LogP contribution in [0.3, 0.4) is 0 Å². The van der Waals surface area contributed by atoms with Crippen molar-refractivity contribution in [1.82, 2.24) is 25.2 Å². The first kappa shape index (κ1) is 12.6. The molecule has 1 saturated carbocycles. The van der Waals surface area contributed by atoms with Gasteiger partial charge >= 0.3 is 0 Å². The molecule has 6 heteroatoms. The molecule has 1 aliphatic carbocycles. The maximum Gasteiger partial charge on any atom is 0.223 e. The number of amides is 1. The molecule has 1 aromatic rings. The number of nitrogens with one attached hydrogen (secondary N) is 1. The Morgan fingerprint density at radius 1 is 1.11 bits per heavy atom. The van der Waals surface area contributed by atoms with Gasteiger partial charge in [0.15, 0.2) is 0 Å². The zero-order chi connectivity index (χ0) is 13.1. The van der Waals surface area contributed by atoms with Crippen LogP contribution in [0.15, 0.2) is 12.4 Å². The van der Waals surface area contributed by atoms with Gasteiger partial charge in [0, 0.05) is 18.5 Å². The van der Waals surface area contributed by atoms with Crippen LogP contribution in [0.1, 0.15) is 25.7 Å². The number of hydrogen-bond donors (Lipinski definition) is 1. The van der Waals surface area contributed by atoms with Gasteiger partial charge in [-0.25, -0.2) is 0 Å². The Balaban J connectivity index is 1.37. The highest BCUT2D eigenvalue weighted by atomic mass is 16.2. The lowest BCUT2D eigenvalue weighted by atomic mass is 9.96. The minimum atomic E-state index is 0.222. The second kappa shape index (κ2) is 5.69. The molecule has 0 aromatic carbocycles. The molecule has 104 valence electrons. The average Bonchev–Trinajstić information content (AvgIpc) is 3.09. The molecule has 2 aliphatic rings. The Labute approximate surface area is 113 Å². The van der Waals surface area contributed by atoms with E-state index in [0.717, 1.165) is 39.0 Å². The Morgan fingerprint density at radius 3 is 2.42 bits per heavy atom. The monoisotopic (exact) mass is 263 g/mol. The third kappa shape index (κ3) is 3.53. The summed E-state index contributed by atoms with van der Waals surface area (Å²) < 4.78 is 0. The lowest BCUT2D eigenvalue weighted by Gasteiger charge is -2.31. The van der Waals surface area contributed by atoms with Gasteiger partial charge in [-0.15, -0.1) is 0 Å². The van der Waals surface area contributed by atoms with Crippen molar-refractivity contribution in [3.63, 3.8) is 0 Å². The number of carbonyl (C=O) groups excluding carboxylic acids is 1. The highest BCUT2D eigenvalue weighted by molar-refractivity contribution is 5.79. The van der Waals surface area contributed by atoms with Crippen LogP contribution in [0.5, 0.6) is 0 Å². The van der Waals surface area contributed by atoms with E-state index in [9.17, 15) is 4.79 Å². The van der Waals surface area contributed by atoms with Crippen LogP contribution in [-0.2, 0) is 11.3 Å². The maximum absolute atomic E-state index is 11.9. The fraction of sp³-hybridized carbons (Fsp3) is 0.769. The molecule has 1 aliphatic heterocycles. The Morgan fingerprint density at radius 2 is 1.79 bits per heavy atom.